The van der Waals surface area contributed by atoms with Crippen LogP contribution in [0.15, 0.2) is 0 Å². The van der Waals surface area contributed by atoms with Crippen molar-refractivity contribution < 1.29 is 4.79 Å². The molecular weight excluding hydrogens is 176 g/mol. The van der Waals surface area contributed by atoms with Crippen LogP contribution in [0.3, 0.4) is 0 Å². The molecule has 1 amide bonds. The molecule has 0 spiro atoms. The molecule has 0 radical (unpaired) electrons. The van der Waals surface area contributed by atoms with E-state index >= 15 is 0 Å². The molecule has 0 aromatic rings. The zero-order valence-electron chi connectivity index (χ0n) is 8.51. The molecule has 3 N–H and O–H groups in total. The van der Waals surface area contributed by atoms with E-state index in [2.05, 4.69) is 11.2 Å². The van der Waals surface area contributed by atoms with Crippen molar-refractivity contribution in [3.8, 4) is 12.3 Å². The molecular formula is C11H18N2O. The van der Waals surface area contributed by atoms with Crippen molar-refractivity contribution in [2.75, 3.05) is 6.54 Å². The van der Waals surface area contributed by atoms with Gasteiger partial charge in [-0.25, -0.2) is 0 Å². The number of carbonyl (C=O) groups is 1. The fourth-order valence-electron chi connectivity index (χ4n) is 1.61. The number of unbranched alkanes of at least 4 members (excludes halogenated alkanes) is 1. The molecule has 1 saturated carbocycles. The minimum absolute atomic E-state index is 0.0595. The number of nitrogens with one attached hydrogen (secondary N) is 1. The summed E-state index contributed by atoms with van der Waals surface area (Å²) in [6.07, 6.45) is 10.2. The van der Waals surface area contributed by atoms with Gasteiger partial charge < -0.3 is 11.1 Å². The summed E-state index contributed by atoms with van der Waals surface area (Å²) in [5, 5.41) is 2.83. The highest BCUT2D eigenvalue weighted by Gasteiger charge is 2.34. The number of rotatable bonds is 5. The Morgan fingerprint density at radius 3 is 2.79 bits per heavy atom. The first-order valence-corrected chi connectivity index (χ1v) is 5.15. The lowest BCUT2D eigenvalue weighted by Gasteiger charge is -2.37. The smallest absolute Gasteiger partial charge is 0.221 e. The highest BCUT2D eigenvalue weighted by Crippen LogP contribution is 2.31. The third kappa shape index (κ3) is 3.39. The summed E-state index contributed by atoms with van der Waals surface area (Å²) in [5.41, 5.74) is 5.73. The normalized spacial score (nSPS) is 18.0. The van der Waals surface area contributed by atoms with E-state index in [4.69, 9.17) is 12.2 Å². The summed E-state index contributed by atoms with van der Waals surface area (Å²) in [6, 6.07) is 0. The van der Waals surface area contributed by atoms with E-state index in [9.17, 15) is 4.79 Å². The van der Waals surface area contributed by atoms with Crippen LogP contribution in [0.4, 0.5) is 0 Å². The lowest BCUT2D eigenvalue weighted by Crippen LogP contribution is -2.50. The molecule has 0 bridgehead atoms. The summed E-state index contributed by atoms with van der Waals surface area (Å²) in [6.45, 7) is 0.666. The second-order valence-corrected chi connectivity index (χ2v) is 4.05. The van der Waals surface area contributed by atoms with Gasteiger partial charge in [0.15, 0.2) is 0 Å². The molecule has 0 atom stereocenters. The van der Waals surface area contributed by atoms with Gasteiger partial charge in [0.05, 0.1) is 0 Å². The van der Waals surface area contributed by atoms with Crippen LogP contribution in [0, 0.1) is 12.3 Å². The van der Waals surface area contributed by atoms with Crippen molar-refractivity contribution in [3.05, 3.63) is 0 Å². The minimum Gasteiger partial charge on any atom is -0.356 e. The Morgan fingerprint density at radius 1 is 1.57 bits per heavy atom. The minimum atomic E-state index is -0.212. The maximum Gasteiger partial charge on any atom is 0.221 e. The third-order valence-electron chi connectivity index (χ3n) is 2.68. The molecule has 1 rings (SSSR count). The van der Waals surface area contributed by atoms with Gasteiger partial charge in [0.1, 0.15) is 0 Å². The van der Waals surface area contributed by atoms with E-state index in [0.717, 1.165) is 25.7 Å². The topological polar surface area (TPSA) is 55.1 Å². The highest BCUT2D eigenvalue weighted by molar-refractivity contribution is 5.77. The van der Waals surface area contributed by atoms with Gasteiger partial charge in [-0.2, -0.15) is 0 Å². The van der Waals surface area contributed by atoms with Gasteiger partial charge in [-0.05, 0) is 25.7 Å². The number of hydrogen-bond acceptors (Lipinski definition) is 2. The Labute approximate surface area is 85.4 Å². The van der Waals surface area contributed by atoms with Gasteiger partial charge in [0.2, 0.25) is 5.91 Å². The third-order valence-corrected chi connectivity index (χ3v) is 2.68. The standard InChI is InChI=1S/C11H18N2O/c1-2-3-4-8-13-10(14)9-11(12)6-5-7-11/h1H,3-9,12H2,(H,13,14). The Bertz CT molecular complexity index is 238. The van der Waals surface area contributed by atoms with Crippen LogP contribution >= 0.6 is 0 Å². The van der Waals surface area contributed by atoms with Crippen molar-refractivity contribution in [3.63, 3.8) is 0 Å². The zero-order chi connectivity index (χ0) is 10.4. The Morgan fingerprint density at radius 2 is 2.29 bits per heavy atom. The Hall–Kier alpha value is -1.01. The first-order chi connectivity index (χ1) is 6.66. The fourth-order valence-corrected chi connectivity index (χ4v) is 1.61. The van der Waals surface area contributed by atoms with Crippen molar-refractivity contribution in [1.29, 1.82) is 0 Å². The van der Waals surface area contributed by atoms with E-state index < -0.39 is 0 Å². The number of amides is 1. The van der Waals surface area contributed by atoms with Crippen LogP contribution in [0.1, 0.15) is 38.5 Å². The van der Waals surface area contributed by atoms with Crippen LogP contribution in [-0.2, 0) is 4.79 Å². The van der Waals surface area contributed by atoms with E-state index in [1.807, 2.05) is 0 Å². The monoisotopic (exact) mass is 194 g/mol. The number of carbonyl (C=O) groups excluding carboxylic acids is 1. The molecule has 0 saturated heterocycles. The van der Waals surface area contributed by atoms with Crippen molar-refractivity contribution >= 4 is 5.91 Å². The number of terminal acetylenes is 1. The molecule has 0 unspecified atom stereocenters. The highest BCUT2D eigenvalue weighted by atomic mass is 16.1. The van der Waals surface area contributed by atoms with Crippen LogP contribution in [0.25, 0.3) is 0 Å². The van der Waals surface area contributed by atoms with E-state index in [1.165, 1.54) is 0 Å². The van der Waals surface area contributed by atoms with Gasteiger partial charge >= 0.3 is 0 Å². The SMILES string of the molecule is C#CCCCNC(=O)CC1(N)CCC1. The molecule has 3 nitrogen and oxygen atoms in total. The molecule has 3 heteroatoms. The van der Waals surface area contributed by atoms with Gasteiger partial charge in [-0.1, -0.05) is 0 Å². The molecule has 78 valence electrons. The van der Waals surface area contributed by atoms with E-state index in [-0.39, 0.29) is 11.4 Å². The Balaban J connectivity index is 2.07. The summed E-state index contributed by atoms with van der Waals surface area (Å²) >= 11 is 0. The van der Waals surface area contributed by atoms with Gasteiger partial charge in [-0.3, -0.25) is 4.79 Å². The van der Waals surface area contributed by atoms with Gasteiger partial charge in [0, 0.05) is 24.9 Å². The molecule has 0 heterocycles. The summed E-state index contributed by atoms with van der Waals surface area (Å²) in [7, 11) is 0. The van der Waals surface area contributed by atoms with Crippen LogP contribution in [0.2, 0.25) is 0 Å². The largest absolute Gasteiger partial charge is 0.356 e. The number of hydrogen-bond donors (Lipinski definition) is 2. The lowest BCUT2D eigenvalue weighted by molar-refractivity contribution is -0.122. The molecule has 14 heavy (non-hydrogen) atoms. The van der Waals surface area contributed by atoms with E-state index in [0.29, 0.717) is 19.4 Å². The lowest BCUT2D eigenvalue weighted by atomic mass is 9.75. The molecule has 1 aliphatic rings. The fraction of sp³-hybridized carbons (Fsp3) is 0.727. The van der Waals surface area contributed by atoms with Gasteiger partial charge in [0.25, 0.3) is 0 Å². The summed E-state index contributed by atoms with van der Waals surface area (Å²) in [5.74, 6) is 2.60. The van der Waals surface area contributed by atoms with Crippen molar-refractivity contribution in [2.24, 2.45) is 5.73 Å². The zero-order valence-corrected chi connectivity index (χ0v) is 8.51. The quantitative estimate of drug-likeness (QED) is 0.502. The average molecular weight is 194 g/mol. The molecule has 1 fully saturated rings. The van der Waals surface area contributed by atoms with Crippen LogP contribution in [-0.4, -0.2) is 18.0 Å². The maximum atomic E-state index is 11.4. The average Bonchev–Trinajstić information content (AvgIpc) is 2.10. The predicted octanol–water partition coefficient (Wildman–Crippen LogP) is 0.787. The van der Waals surface area contributed by atoms with Crippen LogP contribution < -0.4 is 11.1 Å². The van der Waals surface area contributed by atoms with Crippen molar-refractivity contribution in [2.45, 2.75) is 44.1 Å². The summed E-state index contributed by atoms with van der Waals surface area (Å²) < 4.78 is 0. The molecule has 0 aromatic carbocycles. The molecule has 0 aromatic heterocycles. The first-order valence-electron chi connectivity index (χ1n) is 5.15. The second kappa shape index (κ2) is 5.02. The Kier molecular flexibility index (Phi) is 3.97. The summed E-state index contributed by atoms with van der Waals surface area (Å²) in [4.78, 5) is 11.4. The molecule has 1 aliphatic carbocycles. The number of nitrogens with two attached hydrogens (primary N) is 1. The first kappa shape index (κ1) is 11.1. The van der Waals surface area contributed by atoms with Crippen molar-refractivity contribution in [1.82, 2.24) is 5.32 Å². The maximum absolute atomic E-state index is 11.4. The molecule has 0 aliphatic heterocycles. The van der Waals surface area contributed by atoms with Crippen LogP contribution in [0.5, 0.6) is 0 Å². The van der Waals surface area contributed by atoms with Gasteiger partial charge in [-0.15, -0.1) is 12.3 Å². The second-order valence-electron chi connectivity index (χ2n) is 4.05. The van der Waals surface area contributed by atoms with E-state index in [1.54, 1.807) is 0 Å². The predicted molar refractivity (Wildman–Crippen MR) is 56.5 cm³/mol.